The summed E-state index contributed by atoms with van der Waals surface area (Å²) < 4.78 is 11.0. The number of likely N-dealkylation sites (tertiary alicyclic amines) is 2. The molecule has 27 heavy (non-hydrogen) atoms. The molecule has 3 rings (SSSR count). The van der Waals surface area contributed by atoms with E-state index in [-0.39, 0.29) is 11.3 Å². The molecule has 0 aromatic heterocycles. The lowest BCUT2D eigenvalue weighted by Crippen LogP contribution is -2.44. The van der Waals surface area contributed by atoms with Crippen LogP contribution in [-0.4, -0.2) is 56.1 Å². The van der Waals surface area contributed by atoms with Crippen molar-refractivity contribution in [3.63, 3.8) is 0 Å². The first-order chi connectivity index (χ1) is 13.0. The molecule has 2 aliphatic heterocycles. The third-order valence-corrected chi connectivity index (χ3v) is 5.78. The number of para-hydroxylation sites is 1. The Bertz CT molecular complexity index is 712. The zero-order valence-electron chi connectivity index (χ0n) is 17.1. The molecule has 0 aliphatic carbocycles. The maximum absolute atomic E-state index is 12.4. The van der Waals surface area contributed by atoms with Crippen molar-refractivity contribution in [3.05, 3.63) is 35.4 Å². The molecule has 2 fully saturated rings. The number of ether oxygens (including phenoxy) is 2. The maximum atomic E-state index is 12.4. The lowest BCUT2D eigenvalue weighted by Gasteiger charge is -2.40. The molecule has 2 saturated heterocycles. The van der Waals surface area contributed by atoms with Crippen molar-refractivity contribution >= 4 is 5.91 Å². The van der Waals surface area contributed by atoms with Gasteiger partial charge in [0.1, 0.15) is 0 Å². The summed E-state index contributed by atoms with van der Waals surface area (Å²) >= 11 is 0. The molecule has 148 valence electrons. The number of hydrogen-bond donors (Lipinski definition) is 0. The molecular weight excluding hydrogens is 340 g/mol. The van der Waals surface area contributed by atoms with E-state index in [0.717, 1.165) is 61.8 Å². The lowest BCUT2D eigenvalue weighted by molar-refractivity contribution is -0.125. The predicted octanol–water partition coefficient (Wildman–Crippen LogP) is 3.48. The minimum atomic E-state index is 0.165. The Labute approximate surface area is 162 Å². The molecule has 0 saturated carbocycles. The van der Waals surface area contributed by atoms with Gasteiger partial charge in [-0.15, -0.1) is 0 Å². The predicted molar refractivity (Wildman–Crippen MR) is 107 cm³/mol. The van der Waals surface area contributed by atoms with Crippen LogP contribution in [0.4, 0.5) is 0 Å². The van der Waals surface area contributed by atoms with Crippen molar-refractivity contribution in [2.45, 2.75) is 39.7 Å². The molecular formula is C22H32N2O3. The Morgan fingerprint density at radius 3 is 2.67 bits per heavy atom. The fraction of sp³-hybridized carbons (Fsp3) is 0.591. The molecule has 0 unspecified atom stereocenters. The van der Waals surface area contributed by atoms with Crippen molar-refractivity contribution < 1.29 is 14.3 Å². The second-order valence-electron chi connectivity index (χ2n) is 8.20. The van der Waals surface area contributed by atoms with Crippen LogP contribution < -0.4 is 9.47 Å². The Kier molecular flexibility index (Phi) is 6.10. The Morgan fingerprint density at radius 1 is 1.15 bits per heavy atom. The molecule has 0 bridgehead atoms. The smallest absolute Gasteiger partial charge is 0.246 e. The highest BCUT2D eigenvalue weighted by Crippen LogP contribution is 2.40. The summed E-state index contributed by atoms with van der Waals surface area (Å²) in [6, 6.07) is 6.07. The van der Waals surface area contributed by atoms with Crippen LogP contribution >= 0.6 is 0 Å². The molecule has 1 atom stereocenters. The average molecular weight is 373 g/mol. The van der Waals surface area contributed by atoms with E-state index in [1.165, 1.54) is 12.8 Å². The van der Waals surface area contributed by atoms with E-state index < -0.39 is 0 Å². The summed E-state index contributed by atoms with van der Waals surface area (Å²) in [6.07, 6.45) is 5.25. The quantitative estimate of drug-likeness (QED) is 0.742. The SMILES string of the molecule is COc1cccc(CN2CCC[C@]3(CCN(C(=O)C=C(C)C)C3)C2)c1OC. The standard InChI is InChI=1S/C22H32N2O3/c1-17(2)13-20(25)24-12-10-22(16-24)9-6-11-23(15-22)14-18-7-5-8-19(26-3)21(18)27-4/h5,7-8,13H,6,9-12,14-16H2,1-4H3/t22-/m0/s1. The number of carbonyl (C=O) groups excluding carboxylic acids is 1. The lowest BCUT2D eigenvalue weighted by atomic mass is 9.79. The van der Waals surface area contributed by atoms with Gasteiger partial charge in [0.2, 0.25) is 5.91 Å². The second kappa shape index (κ2) is 8.34. The van der Waals surface area contributed by atoms with Gasteiger partial charge < -0.3 is 14.4 Å². The fourth-order valence-electron chi connectivity index (χ4n) is 4.56. The summed E-state index contributed by atoms with van der Waals surface area (Å²) in [5, 5.41) is 0. The Balaban J connectivity index is 1.69. The maximum Gasteiger partial charge on any atom is 0.246 e. The third kappa shape index (κ3) is 4.46. The number of benzene rings is 1. The van der Waals surface area contributed by atoms with Gasteiger partial charge in [-0.1, -0.05) is 17.7 Å². The van der Waals surface area contributed by atoms with Crippen LogP contribution in [-0.2, 0) is 11.3 Å². The van der Waals surface area contributed by atoms with E-state index in [4.69, 9.17) is 9.47 Å². The largest absolute Gasteiger partial charge is 0.493 e. The van der Waals surface area contributed by atoms with E-state index in [1.54, 1.807) is 20.3 Å². The number of amides is 1. The zero-order valence-corrected chi connectivity index (χ0v) is 17.1. The van der Waals surface area contributed by atoms with Gasteiger partial charge in [-0.3, -0.25) is 9.69 Å². The minimum absolute atomic E-state index is 0.165. The summed E-state index contributed by atoms with van der Waals surface area (Å²) in [5.41, 5.74) is 2.45. The molecule has 0 N–H and O–H groups in total. The molecule has 0 radical (unpaired) electrons. The van der Waals surface area contributed by atoms with Crippen molar-refractivity contribution in [2.24, 2.45) is 5.41 Å². The average Bonchev–Trinajstić information content (AvgIpc) is 3.04. The van der Waals surface area contributed by atoms with Crippen LogP contribution in [0.3, 0.4) is 0 Å². The first kappa shape index (κ1) is 19.7. The summed E-state index contributed by atoms with van der Waals surface area (Å²) in [4.78, 5) is 17.0. The van der Waals surface area contributed by atoms with E-state index >= 15 is 0 Å². The van der Waals surface area contributed by atoms with Crippen molar-refractivity contribution in [1.29, 1.82) is 0 Å². The van der Waals surface area contributed by atoms with Gasteiger partial charge in [0.15, 0.2) is 11.5 Å². The number of methoxy groups -OCH3 is 2. The van der Waals surface area contributed by atoms with Crippen molar-refractivity contribution in [2.75, 3.05) is 40.4 Å². The second-order valence-corrected chi connectivity index (χ2v) is 8.20. The van der Waals surface area contributed by atoms with Crippen molar-refractivity contribution in [3.8, 4) is 11.5 Å². The topological polar surface area (TPSA) is 42.0 Å². The van der Waals surface area contributed by atoms with Crippen LogP contribution in [0.25, 0.3) is 0 Å². The number of nitrogens with zero attached hydrogens (tertiary/aromatic N) is 2. The van der Waals surface area contributed by atoms with E-state index in [2.05, 4.69) is 11.0 Å². The first-order valence-electron chi connectivity index (χ1n) is 9.82. The van der Waals surface area contributed by atoms with Crippen LogP contribution in [0.2, 0.25) is 0 Å². The first-order valence-corrected chi connectivity index (χ1v) is 9.82. The van der Waals surface area contributed by atoms with E-state index in [1.807, 2.05) is 30.9 Å². The highest BCUT2D eigenvalue weighted by molar-refractivity contribution is 5.88. The van der Waals surface area contributed by atoms with Gasteiger partial charge in [0, 0.05) is 43.2 Å². The van der Waals surface area contributed by atoms with Gasteiger partial charge in [-0.05, 0) is 45.7 Å². The van der Waals surface area contributed by atoms with Gasteiger partial charge in [-0.25, -0.2) is 0 Å². The fourth-order valence-corrected chi connectivity index (χ4v) is 4.56. The number of carbonyl (C=O) groups is 1. The number of hydrogen-bond acceptors (Lipinski definition) is 4. The molecule has 1 amide bonds. The van der Waals surface area contributed by atoms with Crippen LogP contribution in [0.15, 0.2) is 29.8 Å². The molecule has 1 aromatic rings. The Morgan fingerprint density at radius 2 is 1.96 bits per heavy atom. The number of rotatable bonds is 5. The minimum Gasteiger partial charge on any atom is -0.493 e. The van der Waals surface area contributed by atoms with Gasteiger partial charge in [0.05, 0.1) is 14.2 Å². The Hall–Kier alpha value is -2.01. The monoisotopic (exact) mass is 372 g/mol. The highest BCUT2D eigenvalue weighted by Gasteiger charge is 2.42. The van der Waals surface area contributed by atoms with Crippen LogP contribution in [0, 0.1) is 5.41 Å². The summed E-state index contributed by atoms with van der Waals surface area (Å²) in [5.74, 6) is 1.77. The zero-order chi connectivity index (χ0) is 19.4. The van der Waals surface area contributed by atoms with Gasteiger partial charge >= 0.3 is 0 Å². The third-order valence-electron chi connectivity index (χ3n) is 5.78. The molecule has 2 aliphatic rings. The summed E-state index contributed by atoms with van der Waals surface area (Å²) in [7, 11) is 3.37. The normalized spacial score (nSPS) is 22.7. The number of allylic oxidation sites excluding steroid dienone is 1. The highest BCUT2D eigenvalue weighted by atomic mass is 16.5. The summed E-state index contributed by atoms with van der Waals surface area (Å²) in [6.45, 7) is 8.68. The number of piperidine rings is 1. The van der Waals surface area contributed by atoms with Gasteiger partial charge in [-0.2, -0.15) is 0 Å². The molecule has 5 nitrogen and oxygen atoms in total. The van der Waals surface area contributed by atoms with Crippen LogP contribution in [0.5, 0.6) is 11.5 Å². The van der Waals surface area contributed by atoms with E-state index in [0.29, 0.717) is 0 Å². The molecule has 1 aromatic carbocycles. The van der Waals surface area contributed by atoms with E-state index in [9.17, 15) is 4.79 Å². The van der Waals surface area contributed by atoms with Gasteiger partial charge in [0.25, 0.3) is 0 Å². The van der Waals surface area contributed by atoms with Crippen molar-refractivity contribution in [1.82, 2.24) is 9.80 Å². The van der Waals surface area contributed by atoms with Crippen LogP contribution in [0.1, 0.15) is 38.7 Å². The molecule has 2 heterocycles. The molecule has 1 spiro atoms. The molecule has 5 heteroatoms.